The number of fused-ring (bicyclic) bond motifs is 1. The van der Waals surface area contributed by atoms with Gasteiger partial charge in [0.05, 0.1) is 28.5 Å². The molecule has 0 bridgehead atoms. The second kappa shape index (κ2) is 4.71. The first-order chi connectivity index (χ1) is 9.94. The van der Waals surface area contributed by atoms with Gasteiger partial charge in [-0.15, -0.1) is 0 Å². The molecule has 1 saturated heterocycles. The van der Waals surface area contributed by atoms with E-state index < -0.39 is 35.0 Å². The van der Waals surface area contributed by atoms with Crippen molar-refractivity contribution in [3.8, 4) is 0 Å². The number of carbonyl (C=O) groups is 3. The zero-order valence-corrected chi connectivity index (χ0v) is 12.5. The molecule has 5 nitrogen and oxygen atoms in total. The maximum Gasteiger partial charge on any atom is 0.311 e. The van der Waals surface area contributed by atoms with Crippen LogP contribution in [0.3, 0.4) is 0 Å². The van der Waals surface area contributed by atoms with Crippen LogP contribution in [0.25, 0.3) is 0 Å². The highest BCUT2D eigenvalue weighted by Gasteiger charge is 2.81. The standard InChI is InChI=1S/C14H11Cl2NO4/c1-2-21-12(19)10-9-11(18)17-13(20)14(9,10)6-3-4-7(15)8(16)5-6/h3-5,9-10H,2H2,1H3,(H,17,18,20)/t9?,10-,14-/m1/s1. The predicted molar refractivity (Wildman–Crippen MR) is 74.9 cm³/mol. The maximum absolute atomic E-state index is 12.2. The molecule has 1 saturated carbocycles. The van der Waals surface area contributed by atoms with Crippen molar-refractivity contribution in [2.45, 2.75) is 12.3 Å². The largest absolute Gasteiger partial charge is 0.466 e. The Bertz CT molecular complexity index is 675. The summed E-state index contributed by atoms with van der Waals surface area (Å²) in [6, 6.07) is 4.68. The van der Waals surface area contributed by atoms with Gasteiger partial charge in [-0.25, -0.2) is 0 Å². The summed E-state index contributed by atoms with van der Waals surface area (Å²) in [4.78, 5) is 36.2. The number of halogens is 2. The molecule has 0 radical (unpaired) electrons. The van der Waals surface area contributed by atoms with Gasteiger partial charge >= 0.3 is 5.97 Å². The van der Waals surface area contributed by atoms with Crippen LogP contribution in [0, 0.1) is 11.8 Å². The summed E-state index contributed by atoms with van der Waals surface area (Å²) in [6.45, 7) is 1.86. The van der Waals surface area contributed by atoms with Crippen molar-refractivity contribution in [3.63, 3.8) is 0 Å². The normalized spacial score (nSPS) is 29.9. The molecule has 1 aromatic carbocycles. The smallest absolute Gasteiger partial charge is 0.311 e. The van der Waals surface area contributed by atoms with Gasteiger partial charge in [0.15, 0.2) is 0 Å². The molecular weight excluding hydrogens is 317 g/mol. The summed E-state index contributed by atoms with van der Waals surface area (Å²) in [5, 5.41) is 2.86. The molecule has 1 aromatic rings. The van der Waals surface area contributed by atoms with E-state index in [1.165, 1.54) is 6.07 Å². The number of piperidine rings is 1. The molecule has 21 heavy (non-hydrogen) atoms. The number of rotatable bonds is 3. The third kappa shape index (κ3) is 1.80. The highest BCUT2D eigenvalue weighted by molar-refractivity contribution is 6.42. The van der Waals surface area contributed by atoms with Gasteiger partial charge < -0.3 is 4.74 Å². The van der Waals surface area contributed by atoms with Crippen molar-refractivity contribution in [3.05, 3.63) is 33.8 Å². The average molecular weight is 328 g/mol. The number of ether oxygens (including phenoxy) is 1. The average Bonchev–Trinajstić information content (AvgIpc) is 3.06. The van der Waals surface area contributed by atoms with E-state index in [4.69, 9.17) is 27.9 Å². The highest BCUT2D eigenvalue weighted by Crippen LogP contribution is 2.63. The topological polar surface area (TPSA) is 72.5 Å². The second-order valence-corrected chi connectivity index (χ2v) is 5.84. The number of hydrogen-bond donors (Lipinski definition) is 1. The van der Waals surface area contributed by atoms with Crippen LogP contribution in [0.5, 0.6) is 0 Å². The van der Waals surface area contributed by atoms with Crippen molar-refractivity contribution >= 4 is 41.0 Å². The molecule has 2 amide bonds. The van der Waals surface area contributed by atoms with E-state index in [1.807, 2.05) is 0 Å². The summed E-state index contributed by atoms with van der Waals surface area (Å²) >= 11 is 11.8. The van der Waals surface area contributed by atoms with Crippen LogP contribution < -0.4 is 5.32 Å². The van der Waals surface area contributed by atoms with Gasteiger partial charge in [0.25, 0.3) is 0 Å². The fourth-order valence-electron chi connectivity index (χ4n) is 3.12. The number of imide groups is 1. The minimum atomic E-state index is -1.21. The maximum atomic E-state index is 12.2. The lowest BCUT2D eigenvalue weighted by atomic mass is 9.92. The second-order valence-electron chi connectivity index (χ2n) is 5.02. The van der Waals surface area contributed by atoms with Crippen molar-refractivity contribution < 1.29 is 19.1 Å². The predicted octanol–water partition coefficient (Wildman–Crippen LogP) is 1.70. The quantitative estimate of drug-likeness (QED) is 0.677. The van der Waals surface area contributed by atoms with Gasteiger partial charge in [-0.05, 0) is 24.6 Å². The van der Waals surface area contributed by atoms with Crippen molar-refractivity contribution in [1.82, 2.24) is 5.32 Å². The SMILES string of the molecule is CCOC(=O)[C@H]1C2C(=O)NC(=O)[C@]21c1ccc(Cl)c(Cl)c1. The summed E-state index contributed by atoms with van der Waals surface area (Å²) < 4.78 is 4.97. The van der Waals surface area contributed by atoms with Crippen LogP contribution in [-0.2, 0) is 24.5 Å². The molecule has 110 valence electrons. The minimum absolute atomic E-state index is 0.190. The number of esters is 1. The van der Waals surface area contributed by atoms with Crippen LogP contribution in [-0.4, -0.2) is 24.4 Å². The fraction of sp³-hybridized carbons (Fsp3) is 0.357. The first kappa shape index (κ1) is 14.4. The van der Waals surface area contributed by atoms with Crippen molar-refractivity contribution in [2.24, 2.45) is 11.8 Å². The van der Waals surface area contributed by atoms with Gasteiger partial charge in [-0.3, -0.25) is 19.7 Å². The van der Waals surface area contributed by atoms with Crippen LogP contribution in [0.2, 0.25) is 10.0 Å². The molecule has 1 aliphatic carbocycles. The Morgan fingerprint density at radius 1 is 1.33 bits per heavy atom. The number of benzene rings is 1. The van der Waals surface area contributed by atoms with Crippen molar-refractivity contribution in [1.29, 1.82) is 0 Å². The minimum Gasteiger partial charge on any atom is -0.466 e. The number of nitrogens with one attached hydrogen (secondary N) is 1. The van der Waals surface area contributed by atoms with Gasteiger partial charge in [0.2, 0.25) is 11.8 Å². The van der Waals surface area contributed by atoms with E-state index in [1.54, 1.807) is 19.1 Å². The Balaban J connectivity index is 2.07. The molecule has 0 spiro atoms. The van der Waals surface area contributed by atoms with Crippen LogP contribution in [0.1, 0.15) is 12.5 Å². The molecule has 2 aliphatic rings. The number of hydrogen-bond acceptors (Lipinski definition) is 4. The molecule has 1 N–H and O–H groups in total. The zero-order valence-electron chi connectivity index (χ0n) is 11.0. The first-order valence-corrected chi connectivity index (χ1v) is 7.17. The molecule has 3 atom stereocenters. The van der Waals surface area contributed by atoms with E-state index in [0.717, 1.165) is 0 Å². The molecule has 0 aromatic heterocycles. The monoisotopic (exact) mass is 327 g/mol. The first-order valence-electron chi connectivity index (χ1n) is 6.42. The summed E-state index contributed by atoms with van der Waals surface area (Å²) in [7, 11) is 0. The Hall–Kier alpha value is -1.59. The summed E-state index contributed by atoms with van der Waals surface area (Å²) in [5.74, 6) is -3.02. The fourth-order valence-corrected chi connectivity index (χ4v) is 3.42. The lowest BCUT2D eigenvalue weighted by Crippen LogP contribution is -2.36. The Morgan fingerprint density at radius 3 is 2.67 bits per heavy atom. The molecular formula is C14H11Cl2NO4. The summed E-state index contributed by atoms with van der Waals surface area (Å²) in [6.07, 6.45) is 0. The van der Waals surface area contributed by atoms with Gasteiger partial charge in [-0.2, -0.15) is 0 Å². The number of carbonyl (C=O) groups excluding carboxylic acids is 3. The van der Waals surface area contributed by atoms with Crippen LogP contribution >= 0.6 is 23.2 Å². The summed E-state index contributed by atoms with van der Waals surface area (Å²) in [5.41, 5.74) is -0.708. The van der Waals surface area contributed by atoms with E-state index in [9.17, 15) is 14.4 Å². The zero-order chi connectivity index (χ0) is 15.4. The van der Waals surface area contributed by atoms with Gasteiger partial charge in [-0.1, -0.05) is 29.3 Å². The lowest BCUT2D eigenvalue weighted by Gasteiger charge is -2.14. The molecule has 1 aliphatic heterocycles. The van der Waals surface area contributed by atoms with Crippen LogP contribution in [0.15, 0.2) is 18.2 Å². The third-order valence-corrected chi connectivity index (χ3v) is 4.78. The van der Waals surface area contributed by atoms with Crippen LogP contribution in [0.4, 0.5) is 0 Å². The Morgan fingerprint density at radius 2 is 2.05 bits per heavy atom. The van der Waals surface area contributed by atoms with E-state index >= 15 is 0 Å². The Labute approximate surface area is 130 Å². The Kier molecular flexibility index (Phi) is 3.22. The number of amides is 2. The third-order valence-electron chi connectivity index (χ3n) is 4.04. The molecule has 1 unspecified atom stereocenters. The molecule has 7 heteroatoms. The van der Waals surface area contributed by atoms with E-state index in [-0.39, 0.29) is 11.6 Å². The van der Waals surface area contributed by atoms with E-state index in [2.05, 4.69) is 5.32 Å². The van der Waals surface area contributed by atoms with E-state index in [0.29, 0.717) is 10.6 Å². The molecule has 1 heterocycles. The van der Waals surface area contributed by atoms with Gasteiger partial charge in [0, 0.05) is 0 Å². The highest BCUT2D eigenvalue weighted by atomic mass is 35.5. The van der Waals surface area contributed by atoms with Crippen molar-refractivity contribution in [2.75, 3.05) is 6.61 Å². The molecule has 2 fully saturated rings. The molecule has 3 rings (SSSR count). The lowest BCUT2D eigenvalue weighted by molar-refractivity contribution is -0.148. The van der Waals surface area contributed by atoms with Gasteiger partial charge in [0.1, 0.15) is 5.41 Å².